The highest BCUT2D eigenvalue weighted by atomic mass is 16.5. The van der Waals surface area contributed by atoms with Gasteiger partial charge < -0.3 is 15.2 Å². The van der Waals surface area contributed by atoms with Gasteiger partial charge in [-0.15, -0.1) is 0 Å². The van der Waals surface area contributed by atoms with Crippen LogP contribution in [0.25, 0.3) is 0 Å². The summed E-state index contributed by atoms with van der Waals surface area (Å²) in [5.41, 5.74) is 2.74. The van der Waals surface area contributed by atoms with Gasteiger partial charge in [-0.05, 0) is 48.4 Å². The first-order valence-corrected chi connectivity index (χ1v) is 7.17. The van der Waals surface area contributed by atoms with Gasteiger partial charge in [0.05, 0.1) is 13.7 Å². The lowest BCUT2D eigenvalue weighted by atomic mass is 10.0. The lowest BCUT2D eigenvalue weighted by Gasteiger charge is -2.23. The number of ether oxygens (including phenoxy) is 1. The Morgan fingerprint density at radius 1 is 1.42 bits per heavy atom. The molecule has 106 valence electrons. The summed E-state index contributed by atoms with van der Waals surface area (Å²) >= 11 is 0. The Balaban J connectivity index is 2.08. The molecule has 0 fully saturated rings. The van der Waals surface area contributed by atoms with Gasteiger partial charge in [0, 0.05) is 12.1 Å². The lowest BCUT2D eigenvalue weighted by Crippen LogP contribution is -2.36. The van der Waals surface area contributed by atoms with Gasteiger partial charge in [0.25, 0.3) is 0 Å². The minimum Gasteiger partial charge on any atom is -0.497 e. The Hall–Kier alpha value is -1.06. The summed E-state index contributed by atoms with van der Waals surface area (Å²) in [6.07, 6.45) is 3.22. The number of benzene rings is 1. The van der Waals surface area contributed by atoms with Gasteiger partial charge in [0.2, 0.25) is 0 Å². The number of aliphatic hydroxyl groups is 1. The molecule has 3 heteroatoms. The van der Waals surface area contributed by atoms with Gasteiger partial charge in [-0.25, -0.2) is 0 Å². The van der Waals surface area contributed by atoms with Crippen molar-refractivity contribution in [3.8, 4) is 5.75 Å². The molecule has 0 radical (unpaired) electrons. The SMILES string of the molecule is COc1ccc2c(c1)C(NC(CO)CC(C)C)CC2. The van der Waals surface area contributed by atoms with Crippen LogP contribution >= 0.6 is 0 Å². The predicted molar refractivity (Wildman–Crippen MR) is 77.5 cm³/mol. The molecule has 3 nitrogen and oxygen atoms in total. The van der Waals surface area contributed by atoms with Crippen LogP contribution in [0.2, 0.25) is 0 Å². The molecule has 2 rings (SSSR count). The number of fused-ring (bicyclic) bond motifs is 1. The van der Waals surface area contributed by atoms with Crippen molar-refractivity contribution >= 4 is 0 Å². The van der Waals surface area contributed by atoms with Crippen molar-refractivity contribution < 1.29 is 9.84 Å². The molecule has 0 aromatic heterocycles. The largest absolute Gasteiger partial charge is 0.497 e. The lowest BCUT2D eigenvalue weighted by molar-refractivity contribution is 0.212. The normalized spacial score (nSPS) is 19.5. The van der Waals surface area contributed by atoms with Crippen molar-refractivity contribution in [2.24, 2.45) is 5.92 Å². The number of nitrogens with one attached hydrogen (secondary N) is 1. The Labute approximate surface area is 116 Å². The molecule has 0 spiro atoms. The van der Waals surface area contributed by atoms with Crippen LogP contribution in [0.1, 0.15) is 43.9 Å². The van der Waals surface area contributed by atoms with E-state index in [1.54, 1.807) is 7.11 Å². The van der Waals surface area contributed by atoms with Gasteiger partial charge in [-0.2, -0.15) is 0 Å². The molecule has 1 aromatic rings. The number of aliphatic hydroxyl groups excluding tert-OH is 1. The van der Waals surface area contributed by atoms with Crippen LogP contribution in [0.5, 0.6) is 5.75 Å². The highest BCUT2D eigenvalue weighted by Crippen LogP contribution is 2.34. The third kappa shape index (κ3) is 3.48. The standard InChI is InChI=1S/C16H25NO2/c1-11(2)8-13(10-18)17-16-7-5-12-4-6-14(19-3)9-15(12)16/h4,6,9,11,13,16-18H,5,7-8,10H2,1-3H3. The van der Waals surface area contributed by atoms with Gasteiger partial charge in [-0.3, -0.25) is 0 Å². The molecule has 2 unspecified atom stereocenters. The summed E-state index contributed by atoms with van der Waals surface area (Å²) < 4.78 is 5.31. The molecule has 0 aliphatic heterocycles. The number of aryl methyl sites for hydroxylation is 1. The van der Waals surface area contributed by atoms with Crippen LogP contribution in [-0.2, 0) is 6.42 Å². The first kappa shape index (κ1) is 14.4. The Bertz CT molecular complexity index is 417. The second-order valence-corrected chi connectivity index (χ2v) is 5.83. The van der Waals surface area contributed by atoms with E-state index in [0.29, 0.717) is 12.0 Å². The van der Waals surface area contributed by atoms with E-state index in [4.69, 9.17) is 4.74 Å². The van der Waals surface area contributed by atoms with Crippen LogP contribution in [0.15, 0.2) is 18.2 Å². The minimum absolute atomic E-state index is 0.183. The van der Waals surface area contributed by atoms with E-state index in [-0.39, 0.29) is 12.6 Å². The summed E-state index contributed by atoms with van der Waals surface area (Å²) in [5, 5.41) is 13.1. The molecule has 1 aliphatic rings. The van der Waals surface area contributed by atoms with Gasteiger partial charge in [-0.1, -0.05) is 19.9 Å². The van der Waals surface area contributed by atoms with Crippen molar-refractivity contribution in [1.82, 2.24) is 5.32 Å². The maximum absolute atomic E-state index is 9.50. The molecule has 0 amide bonds. The predicted octanol–water partition coefficient (Wildman–Crippen LogP) is 2.68. The second-order valence-electron chi connectivity index (χ2n) is 5.83. The van der Waals surface area contributed by atoms with E-state index < -0.39 is 0 Å². The molecule has 0 bridgehead atoms. The number of rotatable bonds is 6. The molecular weight excluding hydrogens is 238 g/mol. The molecule has 19 heavy (non-hydrogen) atoms. The maximum atomic E-state index is 9.50. The smallest absolute Gasteiger partial charge is 0.119 e. The summed E-state index contributed by atoms with van der Waals surface area (Å²) in [7, 11) is 1.70. The zero-order valence-corrected chi connectivity index (χ0v) is 12.1. The van der Waals surface area contributed by atoms with E-state index in [9.17, 15) is 5.11 Å². The maximum Gasteiger partial charge on any atom is 0.119 e. The van der Waals surface area contributed by atoms with Crippen molar-refractivity contribution in [3.63, 3.8) is 0 Å². The fraction of sp³-hybridized carbons (Fsp3) is 0.625. The monoisotopic (exact) mass is 263 g/mol. The van der Waals surface area contributed by atoms with Crippen molar-refractivity contribution in [2.75, 3.05) is 13.7 Å². The van der Waals surface area contributed by atoms with Crippen molar-refractivity contribution in [3.05, 3.63) is 29.3 Å². The summed E-state index contributed by atoms with van der Waals surface area (Å²) in [5.74, 6) is 1.51. The first-order chi connectivity index (χ1) is 9.13. The van der Waals surface area contributed by atoms with E-state index in [2.05, 4.69) is 31.3 Å². The fourth-order valence-corrected chi connectivity index (χ4v) is 2.93. The quantitative estimate of drug-likeness (QED) is 0.829. The average Bonchev–Trinajstić information content (AvgIpc) is 2.79. The second kappa shape index (κ2) is 6.40. The zero-order valence-electron chi connectivity index (χ0n) is 12.1. The molecule has 2 N–H and O–H groups in total. The van der Waals surface area contributed by atoms with E-state index in [1.165, 1.54) is 11.1 Å². The van der Waals surface area contributed by atoms with Crippen LogP contribution < -0.4 is 10.1 Å². The average molecular weight is 263 g/mol. The van der Waals surface area contributed by atoms with Crippen LogP contribution in [0.3, 0.4) is 0 Å². The summed E-state index contributed by atoms with van der Waals surface area (Å²) in [6, 6.07) is 6.85. The van der Waals surface area contributed by atoms with Crippen LogP contribution in [0, 0.1) is 5.92 Å². The Kier molecular flexibility index (Phi) is 4.83. The Morgan fingerprint density at radius 2 is 2.21 bits per heavy atom. The van der Waals surface area contributed by atoms with Crippen LogP contribution in [0.4, 0.5) is 0 Å². The fourth-order valence-electron chi connectivity index (χ4n) is 2.93. The Morgan fingerprint density at radius 3 is 2.84 bits per heavy atom. The zero-order chi connectivity index (χ0) is 13.8. The van der Waals surface area contributed by atoms with E-state index in [1.807, 2.05) is 6.07 Å². The molecule has 2 atom stereocenters. The molecule has 1 aliphatic carbocycles. The van der Waals surface area contributed by atoms with Gasteiger partial charge in [0.1, 0.15) is 5.75 Å². The third-order valence-electron chi connectivity index (χ3n) is 3.84. The number of hydrogen-bond acceptors (Lipinski definition) is 3. The molecule has 1 aromatic carbocycles. The number of hydrogen-bond donors (Lipinski definition) is 2. The topological polar surface area (TPSA) is 41.5 Å². The number of methoxy groups -OCH3 is 1. The molecular formula is C16H25NO2. The van der Waals surface area contributed by atoms with Crippen LogP contribution in [-0.4, -0.2) is 24.9 Å². The highest BCUT2D eigenvalue weighted by molar-refractivity contribution is 5.40. The van der Waals surface area contributed by atoms with Crippen molar-refractivity contribution in [1.29, 1.82) is 0 Å². The van der Waals surface area contributed by atoms with Gasteiger partial charge >= 0.3 is 0 Å². The molecule has 0 saturated heterocycles. The molecule has 0 heterocycles. The van der Waals surface area contributed by atoms with Gasteiger partial charge in [0.15, 0.2) is 0 Å². The highest BCUT2D eigenvalue weighted by Gasteiger charge is 2.25. The molecule has 0 saturated carbocycles. The summed E-state index contributed by atoms with van der Waals surface area (Å²) in [4.78, 5) is 0. The van der Waals surface area contributed by atoms with E-state index in [0.717, 1.165) is 25.0 Å². The summed E-state index contributed by atoms with van der Waals surface area (Å²) in [6.45, 7) is 4.58. The van der Waals surface area contributed by atoms with Crippen molar-refractivity contribution in [2.45, 2.75) is 45.2 Å². The first-order valence-electron chi connectivity index (χ1n) is 7.17. The minimum atomic E-state index is 0.183. The van der Waals surface area contributed by atoms with E-state index >= 15 is 0 Å². The third-order valence-corrected chi connectivity index (χ3v) is 3.84.